The molecule has 2 aromatic carbocycles. The van der Waals surface area contributed by atoms with Gasteiger partial charge in [-0.1, -0.05) is 0 Å². The van der Waals surface area contributed by atoms with Gasteiger partial charge in [0.25, 0.3) is 0 Å². The van der Waals surface area contributed by atoms with Gasteiger partial charge < -0.3 is 10.5 Å². The van der Waals surface area contributed by atoms with Gasteiger partial charge in [0, 0.05) is 5.56 Å². The van der Waals surface area contributed by atoms with Crippen LogP contribution in [0.3, 0.4) is 0 Å². The molecule has 0 radical (unpaired) electrons. The second-order valence-corrected chi connectivity index (χ2v) is 4.08. The Morgan fingerprint density at radius 3 is 2.42 bits per heavy atom. The highest BCUT2D eigenvalue weighted by Gasteiger charge is 2.04. The van der Waals surface area contributed by atoms with Crippen molar-refractivity contribution in [1.29, 1.82) is 5.26 Å². The van der Waals surface area contributed by atoms with E-state index in [4.69, 9.17) is 15.7 Å². The van der Waals surface area contributed by atoms with Crippen molar-refractivity contribution in [3.8, 4) is 17.6 Å². The molecule has 1 amide bonds. The Morgan fingerprint density at radius 1 is 1.21 bits per heavy atom. The molecule has 0 heterocycles. The van der Waals surface area contributed by atoms with Crippen molar-refractivity contribution < 1.29 is 9.53 Å². The Morgan fingerprint density at radius 2 is 1.89 bits per heavy atom. The Balaban J connectivity index is 2.22. The Labute approximate surface area is 111 Å². The first-order chi connectivity index (χ1) is 9.10. The van der Waals surface area contributed by atoms with Crippen LogP contribution in [0.4, 0.5) is 0 Å². The standard InChI is InChI=1S/C15H12N2O2/c1-10-8-11(9-16)2-7-14(10)19-13-5-3-12(4-6-13)15(17)18/h2-8H,1H3,(H2,17,18). The van der Waals surface area contributed by atoms with Crippen LogP contribution in [0.25, 0.3) is 0 Å². The van der Waals surface area contributed by atoms with Crippen LogP contribution in [0.5, 0.6) is 11.5 Å². The summed E-state index contributed by atoms with van der Waals surface area (Å²) in [7, 11) is 0. The van der Waals surface area contributed by atoms with E-state index in [1.54, 1.807) is 42.5 Å². The fourth-order valence-corrected chi connectivity index (χ4v) is 1.65. The van der Waals surface area contributed by atoms with Crippen molar-refractivity contribution in [1.82, 2.24) is 0 Å². The molecular weight excluding hydrogens is 240 g/mol. The first-order valence-corrected chi connectivity index (χ1v) is 5.68. The van der Waals surface area contributed by atoms with Crippen LogP contribution in [0.2, 0.25) is 0 Å². The third-order valence-electron chi connectivity index (χ3n) is 2.67. The molecule has 0 aliphatic carbocycles. The molecule has 0 unspecified atom stereocenters. The third kappa shape index (κ3) is 2.90. The van der Waals surface area contributed by atoms with E-state index in [0.717, 1.165) is 5.56 Å². The van der Waals surface area contributed by atoms with E-state index in [-0.39, 0.29) is 0 Å². The number of carbonyl (C=O) groups excluding carboxylic acids is 1. The number of hydrogen-bond donors (Lipinski definition) is 1. The molecule has 0 aliphatic rings. The zero-order valence-corrected chi connectivity index (χ0v) is 10.4. The van der Waals surface area contributed by atoms with Crippen molar-refractivity contribution in [2.45, 2.75) is 6.92 Å². The third-order valence-corrected chi connectivity index (χ3v) is 2.67. The van der Waals surface area contributed by atoms with Gasteiger partial charge in [-0.2, -0.15) is 5.26 Å². The smallest absolute Gasteiger partial charge is 0.248 e. The molecule has 2 aromatic rings. The van der Waals surface area contributed by atoms with E-state index < -0.39 is 5.91 Å². The van der Waals surface area contributed by atoms with Crippen molar-refractivity contribution >= 4 is 5.91 Å². The number of rotatable bonds is 3. The molecule has 0 saturated heterocycles. The highest BCUT2D eigenvalue weighted by atomic mass is 16.5. The van der Waals surface area contributed by atoms with Crippen molar-refractivity contribution in [2.24, 2.45) is 5.73 Å². The van der Waals surface area contributed by atoms with Crippen molar-refractivity contribution in [3.05, 3.63) is 59.2 Å². The molecule has 0 aliphatic heterocycles. The van der Waals surface area contributed by atoms with Gasteiger partial charge in [0.2, 0.25) is 5.91 Å². The number of nitrogens with two attached hydrogens (primary N) is 1. The maximum atomic E-state index is 10.9. The highest BCUT2D eigenvalue weighted by Crippen LogP contribution is 2.25. The molecule has 0 fully saturated rings. The normalized spacial score (nSPS) is 9.68. The van der Waals surface area contributed by atoms with Crippen LogP contribution in [0.1, 0.15) is 21.5 Å². The Kier molecular flexibility index (Phi) is 3.48. The number of ether oxygens (including phenoxy) is 1. The molecule has 0 spiro atoms. The summed E-state index contributed by atoms with van der Waals surface area (Å²) >= 11 is 0. The first kappa shape index (κ1) is 12.7. The lowest BCUT2D eigenvalue weighted by Crippen LogP contribution is -2.10. The van der Waals surface area contributed by atoms with Gasteiger partial charge >= 0.3 is 0 Å². The minimum absolute atomic E-state index is 0.434. The van der Waals surface area contributed by atoms with E-state index in [0.29, 0.717) is 22.6 Å². The van der Waals surface area contributed by atoms with Gasteiger partial charge in [-0.05, 0) is 55.0 Å². The van der Waals surface area contributed by atoms with Gasteiger partial charge in [-0.25, -0.2) is 0 Å². The fourth-order valence-electron chi connectivity index (χ4n) is 1.65. The molecule has 0 atom stereocenters. The van der Waals surface area contributed by atoms with Crippen LogP contribution in [0.15, 0.2) is 42.5 Å². The predicted molar refractivity (Wildman–Crippen MR) is 70.9 cm³/mol. The summed E-state index contributed by atoms with van der Waals surface area (Å²) in [5.41, 5.74) is 7.06. The minimum atomic E-state index is -0.471. The zero-order valence-electron chi connectivity index (χ0n) is 10.4. The summed E-state index contributed by atoms with van der Waals surface area (Å²) in [6.07, 6.45) is 0. The van der Waals surface area contributed by atoms with Gasteiger partial charge in [0.05, 0.1) is 11.6 Å². The van der Waals surface area contributed by atoms with E-state index in [2.05, 4.69) is 6.07 Å². The first-order valence-electron chi connectivity index (χ1n) is 5.68. The lowest BCUT2D eigenvalue weighted by molar-refractivity contribution is 0.100. The van der Waals surface area contributed by atoms with E-state index in [1.807, 2.05) is 6.92 Å². The fraction of sp³-hybridized carbons (Fsp3) is 0.0667. The summed E-state index contributed by atoms with van der Waals surface area (Å²) in [6, 6.07) is 13.8. The number of carbonyl (C=O) groups is 1. The number of aryl methyl sites for hydroxylation is 1. The average Bonchev–Trinajstić information content (AvgIpc) is 2.41. The number of amides is 1. The summed E-state index contributed by atoms with van der Waals surface area (Å²) in [6.45, 7) is 1.87. The predicted octanol–water partition coefficient (Wildman–Crippen LogP) is 2.76. The zero-order chi connectivity index (χ0) is 13.8. The van der Waals surface area contributed by atoms with Crippen LogP contribution in [-0.4, -0.2) is 5.91 Å². The largest absolute Gasteiger partial charge is 0.457 e. The second kappa shape index (κ2) is 5.23. The maximum Gasteiger partial charge on any atom is 0.248 e. The maximum absolute atomic E-state index is 10.9. The van der Waals surface area contributed by atoms with E-state index >= 15 is 0 Å². The van der Waals surface area contributed by atoms with Crippen LogP contribution in [0, 0.1) is 18.3 Å². The molecule has 0 aromatic heterocycles. The summed E-state index contributed by atoms with van der Waals surface area (Å²) < 4.78 is 5.68. The SMILES string of the molecule is Cc1cc(C#N)ccc1Oc1ccc(C(N)=O)cc1. The monoisotopic (exact) mass is 252 g/mol. The topological polar surface area (TPSA) is 76.1 Å². The molecule has 19 heavy (non-hydrogen) atoms. The van der Waals surface area contributed by atoms with Gasteiger partial charge in [-0.3, -0.25) is 4.79 Å². The molecule has 4 nitrogen and oxygen atoms in total. The average molecular weight is 252 g/mol. The van der Waals surface area contributed by atoms with Gasteiger partial charge in [0.15, 0.2) is 0 Å². The quantitative estimate of drug-likeness (QED) is 0.912. The highest BCUT2D eigenvalue weighted by molar-refractivity contribution is 5.92. The molecule has 2 rings (SSSR count). The number of primary amides is 1. The summed E-state index contributed by atoms with van der Waals surface area (Å²) in [5, 5.41) is 8.79. The minimum Gasteiger partial charge on any atom is -0.457 e. The Hall–Kier alpha value is -2.80. The van der Waals surface area contributed by atoms with Crippen LogP contribution in [-0.2, 0) is 0 Å². The van der Waals surface area contributed by atoms with Crippen molar-refractivity contribution in [2.75, 3.05) is 0 Å². The van der Waals surface area contributed by atoms with Crippen LogP contribution < -0.4 is 10.5 Å². The Bertz CT molecular complexity index is 655. The second-order valence-electron chi connectivity index (χ2n) is 4.08. The number of nitriles is 1. The lowest BCUT2D eigenvalue weighted by atomic mass is 10.1. The van der Waals surface area contributed by atoms with E-state index in [1.165, 1.54) is 0 Å². The summed E-state index contributed by atoms with van der Waals surface area (Å²) in [5.74, 6) is 0.810. The van der Waals surface area contributed by atoms with Gasteiger partial charge in [-0.15, -0.1) is 0 Å². The number of benzene rings is 2. The van der Waals surface area contributed by atoms with Crippen LogP contribution >= 0.6 is 0 Å². The van der Waals surface area contributed by atoms with Crippen molar-refractivity contribution in [3.63, 3.8) is 0 Å². The molecular formula is C15H12N2O2. The lowest BCUT2D eigenvalue weighted by Gasteiger charge is -2.09. The number of hydrogen-bond acceptors (Lipinski definition) is 3. The number of nitrogens with zero attached hydrogens (tertiary/aromatic N) is 1. The molecule has 0 bridgehead atoms. The molecule has 0 saturated carbocycles. The molecule has 2 N–H and O–H groups in total. The van der Waals surface area contributed by atoms with Gasteiger partial charge in [0.1, 0.15) is 11.5 Å². The molecule has 4 heteroatoms. The molecule has 94 valence electrons. The summed E-state index contributed by atoms with van der Waals surface area (Å²) in [4.78, 5) is 10.9. The van der Waals surface area contributed by atoms with E-state index in [9.17, 15) is 4.79 Å².